The molecule has 0 spiro atoms. The second kappa shape index (κ2) is 4.73. The molecule has 1 N–H and O–H groups in total. The molecule has 0 radical (unpaired) electrons. The van der Waals surface area contributed by atoms with Gasteiger partial charge in [0.25, 0.3) is 0 Å². The zero-order valence-electron chi connectivity index (χ0n) is 8.84. The van der Waals surface area contributed by atoms with Crippen LogP contribution in [0.15, 0.2) is 22.7 Å². The molecule has 3 nitrogen and oxygen atoms in total. The number of halogens is 2. The quantitative estimate of drug-likeness (QED) is 0.909. The van der Waals surface area contributed by atoms with Crippen molar-refractivity contribution in [2.45, 2.75) is 0 Å². The Kier molecular flexibility index (Phi) is 3.52. The third kappa shape index (κ3) is 2.24. The normalized spacial score (nSPS) is 15.7. The molecule has 1 aromatic rings. The van der Waals surface area contributed by atoms with E-state index < -0.39 is 0 Å². The maximum absolute atomic E-state index is 12.0. The molecule has 1 fully saturated rings. The van der Waals surface area contributed by atoms with Crippen LogP contribution < -0.4 is 10.2 Å². The second-order valence-corrected chi connectivity index (χ2v) is 5.14. The van der Waals surface area contributed by atoms with E-state index in [0.29, 0.717) is 5.02 Å². The predicted octanol–water partition coefficient (Wildman–Crippen LogP) is 2.28. The Balaban J connectivity index is 2.22. The van der Waals surface area contributed by atoms with E-state index in [1.807, 2.05) is 6.07 Å². The Morgan fingerprint density at radius 2 is 2.25 bits per heavy atom. The molecule has 2 rings (SSSR count). The van der Waals surface area contributed by atoms with Gasteiger partial charge in [0, 0.05) is 29.6 Å². The van der Waals surface area contributed by atoms with Crippen molar-refractivity contribution in [1.82, 2.24) is 5.32 Å². The molecule has 0 unspecified atom stereocenters. The summed E-state index contributed by atoms with van der Waals surface area (Å²) in [5, 5.41) is 3.72. The fourth-order valence-corrected chi connectivity index (χ4v) is 2.28. The van der Waals surface area contributed by atoms with Crippen LogP contribution in [-0.4, -0.2) is 26.0 Å². The summed E-state index contributed by atoms with van der Waals surface area (Å²) in [5.41, 5.74) is 0.810. The SMILES string of the molecule is CN(C(=O)C1CNC1)c1cc(Cl)ccc1Br. The Labute approximate surface area is 108 Å². The summed E-state index contributed by atoms with van der Waals surface area (Å²) in [7, 11) is 1.77. The molecule has 1 amide bonds. The molecule has 1 heterocycles. The van der Waals surface area contributed by atoms with E-state index in [9.17, 15) is 4.79 Å². The number of carbonyl (C=O) groups is 1. The lowest BCUT2D eigenvalue weighted by Gasteiger charge is -2.30. The maximum Gasteiger partial charge on any atom is 0.232 e. The smallest absolute Gasteiger partial charge is 0.232 e. The molecule has 1 aliphatic heterocycles. The van der Waals surface area contributed by atoms with E-state index in [1.54, 1.807) is 24.1 Å². The van der Waals surface area contributed by atoms with E-state index in [2.05, 4.69) is 21.2 Å². The van der Waals surface area contributed by atoms with Crippen molar-refractivity contribution in [3.8, 4) is 0 Å². The number of hydrogen-bond donors (Lipinski definition) is 1. The molecule has 0 bridgehead atoms. The summed E-state index contributed by atoms with van der Waals surface area (Å²) in [6.45, 7) is 1.53. The van der Waals surface area contributed by atoms with Crippen LogP contribution in [0, 0.1) is 5.92 Å². The first kappa shape index (κ1) is 11.9. The maximum atomic E-state index is 12.0. The van der Waals surface area contributed by atoms with Crippen molar-refractivity contribution in [1.29, 1.82) is 0 Å². The van der Waals surface area contributed by atoms with Crippen LogP contribution in [0.4, 0.5) is 5.69 Å². The number of nitrogens with zero attached hydrogens (tertiary/aromatic N) is 1. The van der Waals surface area contributed by atoms with E-state index in [-0.39, 0.29) is 11.8 Å². The van der Waals surface area contributed by atoms with Crippen molar-refractivity contribution in [3.05, 3.63) is 27.7 Å². The van der Waals surface area contributed by atoms with Gasteiger partial charge in [-0.2, -0.15) is 0 Å². The Morgan fingerprint density at radius 1 is 1.56 bits per heavy atom. The molecule has 0 atom stereocenters. The summed E-state index contributed by atoms with van der Waals surface area (Å²) >= 11 is 9.34. The lowest BCUT2D eigenvalue weighted by molar-refractivity contribution is -0.123. The van der Waals surface area contributed by atoms with Gasteiger partial charge in [-0.1, -0.05) is 11.6 Å². The lowest BCUT2D eigenvalue weighted by atomic mass is 10.0. The molecular formula is C11H12BrClN2O. The third-order valence-electron chi connectivity index (χ3n) is 2.73. The van der Waals surface area contributed by atoms with E-state index in [1.165, 1.54) is 0 Å². The van der Waals surface area contributed by atoms with Crippen LogP contribution in [0.1, 0.15) is 0 Å². The third-order valence-corrected chi connectivity index (χ3v) is 3.64. The highest BCUT2D eigenvalue weighted by atomic mass is 79.9. The second-order valence-electron chi connectivity index (χ2n) is 3.85. The fraction of sp³-hybridized carbons (Fsp3) is 0.364. The average Bonchev–Trinajstić information content (AvgIpc) is 2.18. The Morgan fingerprint density at radius 3 is 2.81 bits per heavy atom. The van der Waals surface area contributed by atoms with Crippen LogP contribution in [0.2, 0.25) is 5.02 Å². The minimum Gasteiger partial charge on any atom is -0.315 e. The van der Waals surface area contributed by atoms with Gasteiger partial charge < -0.3 is 10.2 Å². The summed E-state index contributed by atoms with van der Waals surface area (Å²) < 4.78 is 0.875. The number of nitrogens with one attached hydrogen (secondary N) is 1. The van der Waals surface area contributed by atoms with Crippen LogP contribution in [0.5, 0.6) is 0 Å². The van der Waals surface area contributed by atoms with E-state index >= 15 is 0 Å². The first-order valence-electron chi connectivity index (χ1n) is 5.03. The molecule has 0 aliphatic carbocycles. The number of benzene rings is 1. The molecule has 1 saturated heterocycles. The average molecular weight is 304 g/mol. The molecule has 86 valence electrons. The number of carbonyl (C=O) groups excluding carboxylic acids is 1. The number of hydrogen-bond acceptors (Lipinski definition) is 2. The van der Waals surface area contributed by atoms with Crippen molar-refractivity contribution in [2.24, 2.45) is 5.92 Å². The van der Waals surface area contributed by atoms with Gasteiger partial charge in [-0.3, -0.25) is 4.79 Å². The standard InChI is InChI=1S/C11H12BrClN2O/c1-15(11(16)7-5-14-6-7)10-4-8(13)2-3-9(10)12/h2-4,7,14H,5-6H2,1H3. The zero-order chi connectivity index (χ0) is 11.7. The number of rotatable bonds is 2. The van der Waals surface area contributed by atoms with Gasteiger partial charge in [0.05, 0.1) is 11.6 Å². The van der Waals surface area contributed by atoms with Gasteiger partial charge in [0.2, 0.25) is 5.91 Å². The van der Waals surface area contributed by atoms with Crippen molar-refractivity contribution in [2.75, 3.05) is 25.0 Å². The molecule has 1 aromatic carbocycles. The minimum atomic E-state index is 0.0934. The van der Waals surface area contributed by atoms with Crippen molar-refractivity contribution in [3.63, 3.8) is 0 Å². The molecule has 1 aliphatic rings. The highest BCUT2D eigenvalue weighted by Gasteiger charge is 2.28. The molecular weight excluding hydrogens is 291 g/mol. The molecule has 0 saturated carbocycles. The van der Waals surface area contributed by atoms with Crippen LogP contribution in [0.25, 0.3) is 0 Å². The zero-order valence-corrected chi connectivity index (χ0v) is 11.2. The van der Waals surface area contributed by atoms with Gasteiger partial charge in [-0.15, -0.1) is 0 Å². The lowest BCUT2D eigenvalue weighted by Crippen LogP contribution is -2.51. The van der Waals surface area contributed by atoms with Crippen LogP contribution >= 0.6 is 27.5 Å². The van der Waals surface area contributed by atoms with E-state index in [0.717, 1.165) is 23.2 Å². The highest BCUT2D eigenvalue weighted by Crippen LogP contribution is 2.29. The summed E-state index contributed by atoms with van der Waals surface area (Å²) in [6, 6.07) is 5.43. The first-order chi connectivity index (χ1) is 7.59. The topological polar surface area (TPSA) is 32.3 Å². The summed E-state index contributed by atoms with van der Waals surface area (Å²) in [4.78, 5) is 13.7. The van der Waals surface area contributed by atoms with Crippen LogP contribution in [-0.2, 0) is 4.79 Å². The first-order valence-corrected chi connectivity index (χ1v) is 6.20. The van der Waals surface area contributed by atoms with Gasteiger partial charge >= 0.3 is 0 Å². The number of anilines is 1. The van der Waals surface area contributed by atoms with Crippen LogP contribution in [0.3, 0.4) is 0 Å². The molecule has 16 heavy (non-hydrogen) atoms. The summed E-state index contributed by atoms with van der Waals surface area (Å²) in [5.74, 6) is 0.220. The van der Waals surface area contributed by atoms with Gasteiger partial charge in [-0.05, 0) is 34.1 Å². The highest BCUT2D eigenvalue weighted by molar-refractivity contribution is 9.10. The minimum absolute atomic E-state index is 0.0934. The van der Waals surface area contributed by atoms with Gasteiger partial charge in [0.15, 0.2) is 0 Å². The molecule has 5 heteroatoms. The van der Waals surface area contributed by atoms with Gasteiger partial charge in [0.1, 0.15) is 0 Å². The Hall–Kier alpha value is -0.580. The van der Waals surface area contributed by atoms with Gasteiger partial charge in [-0.25, -0.2) is 0 Å². The van der Waals surface area contributed by atoms with Crippen molar-refractivity contribution >= 4 is 39.1 Å². The van der Waals surface area contributed by atoms with Crippen molar-refractivity contribution < 1.29 is 4.79 Å². The largest absolute Gasteiger partial charge is 0.315 e. The Bertz CT molecular complexity index is 420. The predicted molar refractivity (Wildman–Crippen MR) is 68.9 cm³/mol. The van der Waals surface area contributed by atoms with E-state index in [4.69, 9.17) is 11.6 Å². The monoisotopic (exact) mass is 302 g/mol. The fourth-order valence-electron chi connectivity index (χ4n) is 1.60. The summed E-state index contributed by atoms with van der Waals surface area (Å²) in [6.07, 6.45) is 0. The number of amides is 1. The molecule has 0 aromatic heterocycles.